The summed E-state index contributed by atoms with van der Waals surface area (Å²) >= 11 is 0. The Morgan fingerprint density at radius 3 is 3.00 bits per heavy atom. The Hall–Kier alpha value is -1.65. The highest BCUT2D eigenvalue weighted by Gasteiger charge is 2.29. The lowest BCUT2D eigenvalue weighted by molar-refractivity contribution is 0.430. The van der Waals surface area contributed by atoms with E-state index in [0.717, 1.165) is 18.5 Å². The maximum Gasteiger partial charge on any atom is 0.0640 e. The van der Waals surface area contributed by atoms with Crippen molar-refractivity contribution in [3.05, 3.63) is 53.3 Å². The molecule has 1 heterocycles. The van der Waals surface area contributed by atoms with Crippen LogP contribution in [0.4, 0.5) is 0 Å². The van der Waals surface area contributed by atoms with Crippen LogP contribution in [-0.4, -0.2) is 15.8 Å². The normalized spacial score (nSPS) is 19.4. The number of benzene rings is 1. The third-order valence-electron chi connectivity index (χ3n) is 4.08. The summed E-state index contributed by atoms with van der Waals surface area (Å²) in [6.45, 7) is 0. The van der Waals surface area contributed by atoms with Gasteiger partial charge in [0.25, 0.3) is 0 Å². The first-order valence-electron chi connectivity index (χ1n) is 6.80. The highest BCUT2D eigenvalue weighted by molar-refractivity contribution is 5.36. The molecule has 1 aromatic carbocycles. The molecule has 0 spiro atoms. The van der Waals surface area contributed by atoms with Crippen molar-refractivity contribution in [1.82, 2.24) is 15.2 Å². The number of hydrogen-bond donors (Lipinski definition) is 2. The maximum atomic E-state index is 5.78. The molecule has 0 radical (unpaired) electrons. The van der Waals surface area contributed by atoms with E-state index in [0.29, 0.717) is 5.92 Å². The number of hydrazine groups is 1. The molecule has 0 fully saturated rings. The number of nitrogens with zero attached hydrogens (tertiary/aromatic N) is 2. The molecule has 19 heavy (non-hydrogen) atoms. The summed E-state index contributed by atoms with van der Waals surface area (Å²) in [4.78, 5) is 0. The first kappa shape index (κ1) is 12.4. The van der Waals surface area contributed by atoms with E-state index in [-0.39, 0.29) is 6.04 Å². The minimum absolute atomic E-state index is 0.249. The second kappa shape index (κ2) is 5.15. The third-order valence-corrected chi connectivity index (χ3v) is 4.08. The average Bonchev–Trinajstić information content (AvgIpc) is 3.02. The summed E-state index contributed by atoms with van der Waals surface area (Å²) in [5.74, 6) is 6.27. The van der Waals surface area contributed by atoms with Gasteiger partial charge >= 0.3 is 0 Å². The smallest absolute Gasteiger partial charge is 0.0640 e. The predicted molar refractivity (Wildman–Crippen MR) is 75.5 cm³/mol. The molecular weight excluding hydrogens is 236 g/mol. The summed E-state index contributed by atoms with van der Waals surface area (Å²) in [5.41, 5.74) is 7.00. The lowest BCUT2D eigenvalue weighted by atomic mass is 9.90. The number of nitrogens with one attached hydrogen (secondary N) is 1. The molecule has 4 heteroatoms. The molecule has 0 aliphatic heterocycles. The van der Waals surface area contributed by atoms with Crippen molar-refractivity contribution in [2.75, 3.05) is 0 Å². The highest BCUT2D eigenvalue weighted by Crippen LogP contribution is 2.35. The molecule has 3 N–H and O–H groups in total. The Labute approximate surface area is 113 Å². The monoisotopic (exact) mass is 256 g/mol. The number of nitrogens with two attached hydrogens (primary N) is 1. The molecule has 100 valence electrons. The van der Waals surface area contributed by atoms with E-state index >= 15 is 0 Å². The van der Waals surface area contributed by atoms with Crippen LogP contribution in [0.25, 0.3) is 0 Å². The van der Waals surface area contributed by atoms with Gasteiger partial charge in [0, 0.05) is 31.6 Å². The Kier molecular flexibility index (Phi) is 3.36. The average molecular weight is 256 g/mol. The second-order valence-electron chi connectivity index (χ2n) is 5.30. The third kappa shape index (κ3) is 2.41. The summed E-state index contributed by atoms with van der Waals surface area (Å²) in [7, 11) is 1.94. The van der Waals surface area contributed by atoms with Crippen molar-refractivity contribution in [2.24, 2.45) is 12.9 Å². The number of aryl methyl sites for hydroxylation is 2. The van der Waals surface area contributed by atoms with Gasteiger partial charge in [0.15, 0.2) is 0 Å². The molecule has 3 rings (SSSR count). The summed E-state index contributed by atoms with van der Waals surface area (Å²) in [6, 6.07) is 11.0. The molecule has 2 unspecified atom stereocenters. The first-order valence-corrected chi connectivity index (χ1v) is 6.80. The molecule has 2 atom stereocenters. The van der Waals surface area contributed by atoms with Gasteiger partial charge in [-0.25, -0.2) is 0 Å². The Balaban J connectivity index is 1.80. The van der Waals surface area contributed by atoms with Gasteiger partial charge in [0.05, 0.1) is 5.69 Å². The van der Waals surface area contributed by atoms with Crippen molar-refractivity contribution in [3.8, 4) is 0 Å². The van der Waals surface area contributed by atoms with E-state index in [1.165, 1.54) is 17.5 Å². The number of hydrogen-bond acceptors (Lipinski definition) is 3. The molecule has 0 amide bonds. The summed E-state index contributed by atoms with van der Waals surface area (Å²) in [6.07, 6.45) is 5.17. The lowest BCUT2D eigenvalue weighted by Crippen LogP contribution is -2.41. The fourth-order valence-electron chi connectivity index (χ4n) is 3.12. The molecular formula is C15H20N4. The standard InChI is InChI=1S/C15H20N4/c1-19-9-8-12(18-19)10-15(17-16)14-7-6-11-4-2-3-5-13(11)14/h2-5,8-9,14-15,17H,6-7,10,16H2,1H3. The minimum Gasteiger partial charge on any atom is -0.276 e. The SMILES string of the molecule is Cn1ccc(CC(NN)C2CCc3ccccc32)n1. The van der Waals surface area contributed by atoms with Crippen molar-refractivity contribution in [2.45, 2.75) is 31.2 Å². The fraction of sp³-hybridized carbons (Fsp3) is 0.400. The number of aromatic nitrogens is 2. The van der Waals surface area contributed by atoms with Gasteiger partial charge in [-0.2, -0.15) is 5.10 Å². The van der Waals surface area contributed by atoms with Gasteiger partial charge in [-0.05, 0) is 30.0 Å². The van der Waals surface area contributed by atoms with Crippen LogP contribution in [0.2, 0.25) is 0 Å². The lowest BCUT2D eigenvalue weighted by Gasteiger charge is -2.23. The summed E-state index contributed by atoms with van der Waals surface area (Å²) in [5, 5.41) is 4.45. The topological polar surface area (TPSA) is 55.9 Å². The van der Waals surface area contributed by atoms with E-state index in [1.807, 2.05) is 17.9 Å². The minimum atomic E-state index is 0.249. The van der Waals surface area contributed by atoms with Gasteiger partial charge in [-0.1, -0.05) is 24.3 Å². The van der Waals surface area contributed by atoms with Crippen LogP contribution in [0, 0.1) is 0 Å². The zero-order valence-electron chi connectivity index (χ0n) is 11.2. The predicted octanol–water partition coefficient (Wildman–Crippen LogP) is 1.52. The van der Waals surface area contributed by atoms with Crippen LogP contribution in [0.1, 0.15) is 29.2 Å². The molecule has 1 aromatic heterocycles. The molecule has 2 aromatic rings. The number of rotatable bonds is 4. The molecule has 0 bridgehead atoms. The number of fused-ring (bicyclic) bond motifs is 1. The molecule has 1 aliphatic rings. The van der Waals surface area contributed by atoms with E-state index in [9.17, 15) is 0 Å². The molecule has 1 aliphatic carbocycles. The van der Waals surface area contributed by atoms with E-state index in [1.54, 1.807) is 0 Å². The highest BCUT2D eigenvalue weighted by atomic mass is 15.3. The van der Waals surface area contributed by atoms with Crippen LogP contribution in [0.15, 0.2) is 36.5 Å². The van der Waals surface area contributed by atoms with Gasteiger partial charge in [-0.3, -0.25) is 16.0 Å². The zero-order valence-corrected chi connectivity index (χ0v) is 11.2. The van der Waals surface area contributed by atoms with Gasteiger partial charge in [0.1, 0.15) is 0 Å². The van der Waals surface area contributed by atoms with Crippen LogP contribution >= 0.6 is 0 Å². The molecule has 0 saturated carbocycles. The van der Waals surface area contributed by atoms with Crippen LogP contribution in [0.5, 0.6) is 0 Å². The molecule has 4 nitrogen and oxygen atoms in total. The summed E-state index contributed by atoms with van der Waals surface area (Å²) < 4.78 is 1.84. The van der Waals surface area contributed by atoms with Crippen molar-refractivity contribution < 1.29 is 0 Å². The van der Waals surface area contributed by atoms with Crippen molar-refractivity contribution in [3.63, 3.8) is 0 Å². The largest absolute Gasteiger partial charge is 0.276 e. The van der Waals surface area contributed by atoms with Gasteiger partial charge in [0.2, 0.25) is 0 Å². The Bertz CT molecular complexity index is 561. The maximum absolute atomic E-state index is 5.78. The second-order valence-corrected chi connectivity index (χ2v) is 5.30. The fourth-order valence-corrected chi connectivity index (χ4v) is 3.12. The first-order chi connectivity index (χ1) is 9.28. The van der Waals surface area contributed by atoms with Crippen LogP contribution in [0.3, 0.4) is 0 Å². The van der Waals surface area contributed by atoms with E-state index in [4.69, 9.17) is 5.84 Å². The quantitative estimate of drug-likeness (QED) is 0.644. The van der Waals surface area contributed by atoms with Crippen molar-refractivity contribution >= 4 is 0 Å². The van der Waals surface area contributed by atoms with Gasteiger partial charge < -0.3 is 0 Å². The van der Waals surface area contributed by atoms with Crippen LogP contribution < -0.4 is 11.3 Å². The van der Waals surface area contributed by atoms with Crippen LogP contribution in [-0.2, 0) is 19.9 Å². The van der Waals surface area contributed by atoms with E-state index < -0.39 is 0 Å². The molecule has 0 saturated heterocycles. The Morgan fingerprint density at radius 2 is 2.26 bits per heavy atom. The Morgan fingerprint density at radius 1 is 1.42 bits per heavy atom. The zero-order chi connectivity index (χ0) is 13.2. The van der Waals surface area contributed by atoms with E-state index in [2.05, 4.69) is 40.9 Å². The van der Waals surface area contributed by atoms with Crippen molar-refractivity contribution in [1.29, 1.82) is 0 Å². The van der Waals surface area contributed by atoms with Gasteiger partial charge in [-0.15, -0.1) is 0 Å².